The van der Waals surface area contributed by atoms with Gasteiger partial charge in [0.1, 0.15) is 0 Å². The molecule has 116 valence electrons. The fraction of sp³-hybridized carbons (Fsp3) is 0.529. The first-order valence-electron chi connectivity index (χ1n) is 8.00. The van der Waals surface area contributed by atoms with Crippen molar-refractivity contribution in [2.45, 2.75) is 25.8 Å². The summed E-state index contributed by atoms with van der Waals surface area (Å²) in [6.07, 6.45) is 3.70. The molecule has 0 spiro atoms. The van der Waals surface area contributed by atoms with E-state index < -0.39 is 0 Å². The first-order chi connectivity index (χ1) is 10.7. The molecular weight excluding hydrogens is 280 g/mol. The number of para-hydroxylation sites is 2. The van der Waals surface area contributed by atoms with Crippen LogP contribution in [0.3, 0.4) is 0 Å². The van der Waals surface area contributed by atoms with Crippen LogP contribution in [-0.4, -0.2) is 29.0 Å². The molecule has 1 heterocycles. The second-order valence-corrected chi connectivity index (χ2v) is 6.53. The van der Waals surface area contributed by atoms with Crippen molar-refractivity contribution >= 4 is 17.0 Å². The van der Waals surface area contributed by atoms with Crippen LogP contribution in [0.1, 0.15) is 19.3 Å². The molecule has 22 heavy (non-hydrogen) atoms. The third kappa shape index (κ3) is 2.07. The molecular formula is C17H20N2O3. The molecule has 0 N–H and O–H groups in total. The van der Waals surface area contributed by atoms with Crippen LogP contribution in [0.2, 0.25) is 0 Å². The van der Waals surface area contributed by atoms with Crippen molar-refractivity contribution in [3.8, 4) is 0 Å². The van der Waals surface area contributed by atoms with Crippen LogP contribution in [-0.2, 0) is 11.3 Å². The van der Waals surface area contributed by atoms with Gasteiger partial charge in [0.05, 0.1) is 5.52 Å². The third-order valence-electron chi connectivity index (χ3n) is 5.30. The average Bonchev–Trinajstić information content (AvgIpc) is 2.86. The lowest BCUT2D eigenvalue weighted by Gasteiger charge is -2.18. The van der Waals surface area contributed by atoms with Gasteiger partial charge in [0.15, 0.2) is 5.58 Å². The average molecular weight is 300 g/mol. The lowest BCUT2D eigenvalue weighted by molar-refractivity contribution is -0.132. The number of oxazole rings is 1. The standard InChI is InChI=1S/C17H20N2O3/c1-18(16(20)15-11-5-4-6-12(11)15)9-10-19-13-7-2-3-8-14(13)22-17(19)21/h2-3,7-8,11-12,15H,4-6,9-10H2,1H3/t11-,12-/m0/s1. The summed E-state index contributed by atoms with van der Waals surface area (Å²) in [5, 5.41) is 0. The molecule has 0 radical (unpaired) electrons. The fourth-order valence-electron chi connectivity index (χ4n) is 4.03. The molecule has 2 aliphatic carbocycles. The number of carbonyl (C=O) groups is 1. The first kappa shape index (κ1) is 13.6. The molecule has 0 aliphatic heterocycles. The van der Waals surface area contributed by atoms with Gasteiger partial charge < -0.3 is 9.32 Å². The van der Waals surface area contributed by atoms with Crippen LogP contribution in [0.5, 0.6) is 0 Å². The Balaban J connectivity index is 1.44. The van der Waals surface area contributed by atoms with E-state index in [9.17, 15) is 9.59 Å². The summed E-state index contributed by atoms with van der Waals surface area (Å²) in [5.41, 5.74) is 1.38. The normalized spacial score (nSPS) is 26.1. The Bertz CT molecular complexity index is 766. The second-order valence-electron chi connectivity index (χ2n) is 6.53. The summed E-state index contributed by atoms with van der Waals surface area (Å²) in [7, 11) is 1.84. The van der Waals surface area contributed by atoms with Crippen LogP contribution in [0.25, 0.3) is 11.1 Å². The molecule has 0 saturated heterocycles. The largest absolute Gasteiger partial charge is 0.420 e. The van der Waals surface area contributed by atoms with E-state index >= 15 is 0 Å². The minimum absolute atomic E-state index is 0.246. The molecule has 1 aromatic heterocycles. The number of rotatable bonds is 4. The highest BCUT2D eigenvalue weighted by atomic mass is 16.4. The van der Waals surface area contributed by atoms with E-state index in [1.165, 1.54) is 19.3 Å². The number of hydrogen-bond donors (Lipinski definition) is 0. The van der Waals surface area contributed by atoms with Crippen molar-refractivity contribution in [2.75, 3.05) is 13.6 Å². The lowest BCUT2D eigenvalue weighted by atomic mass is 10.1. The minimum Gasteiger partial charge on any atom is -0.408 e. The van der Waals surface area contributed by atoms with E-state index in [2.05, 4.69) is 0 Å². The van der Waals surface area contributed by atoms with Gasteiger partial charge >= 0.3 is 5.76 Å². The molecule has 5 heteroatoms. The smallest absolute Gasteiger partial charge is 0.408 e. The van der Waals surface area contributed by atoms with Gasteiger partial charge in [0.2, 0.25) is 5.91 Å². The Morgan fingerprint density at radius 3 is 2.82 bits per heavy atom. The highest BCUT2D eigenvalue weighted by Crippen LogP contribution is 2.57. The Labute approximate surface area is 128 Å². The zero-order valence-corrected chi connectivity index (χ0v) is 12.7. The number of aromatic nitrogens is 1. The SMILES string of the molecule is CN(CCn1c(=O)oc2ccccc21)C(=O)C1[C@H]2CCC[C@H]12. The van der Waals surface area contributed by atoms with Gasteiger partial charge in [-0.2, -0.15) is 0 Å². The maximum Gasteiger partial charge on any atom is 0.420 e. The van der Waals surface area contributed by atoms with Crippen molar-refractivity contribution in [3.05, 3.63) is 34.8 Å². The molecule has 0 unspecified atom stereocenters. The summed E-state index contributed by atoms with van der Waals surface area (Å²) in [6, 6.07) is 7.38. The van der Waals surface area contributed by atoms with Crippen molar-refractivity contribution in [1.29, 1.82) is 0 Å². The summed E-state index contributed by atoms with van der Waals surface area (Å²) < 4.78 is 6.82. The summed E-state index contributed by atoms with van der Waals surface area (Å²) >= 11 is 0. The topological polar surface area (TPSA) is 55.5 Å². The quantitative estimate of drug-likeness (QED) is 0.869. The monoisotopic (exact) mass is 300 g/mol. The van der Waals surface area contributed by atoms with Gasteiger partial charge in [0, 0.05) is 26.1 Å². The number of amides is 1. The van der Waals surface area contributed by atoms with Crippen LogP contribution in [0.4, 0.5) is 0 Å². The summed E-state index contributed by atoms with van der Waals surface area (Å²) in [6.45, 7) is 1.01. The van der Waals surface area contributed by atoms with Gasteiger partial charge in [-0.25, -0.2) is 4.79 Å². The van der Waals surface area contributed by atoms with E-state index in [0.717, 1.165) is 5.52 Å². The molecule has 2 fully saturated rings. The molecule has 2 aliphatic rings. The van der Waals surface area contributed by atoms with Gasteiger partial charge in [-0.3, -0.25) is 9.36 Å². The zero-order valence-electron chi connectivity index (χ0n) is 12.7. The van der Waals surface area contributed by atoms with Crippen molar-refractivity contribution in [1.82, 2.24) is 9.47 Å². The number of fused-ring (bicyclic) bond motifs is 2. The van der Waals surface area contributed by atoms with Gasteiger partial charge in [-0.15, -0.1) is 0 Å². The number of nitrogens with zero attached hydrogens (tertiary/aromatic N) is 2. The molecule has 4 rings (SSSR count). The highest BCUT2D eigenvalue weighted by Gasteiger charge is 2.57. The van der Waals surface area contributed by atoms with E-state index in [4.69, 9.17) is 4.42 Å². The molecule has 5 nitrogen and oxygen atoms in total. The predicted molar refractivity (Wildman–Crippen MR) is 82.4 cm³/mol. The van der Waals surface area contributed by atoms with Gasteiger partial charge in [-0.05, 0) is 36.8 Å². The van der Waals surface area contributed by atoms with Crippen LogP contribution < -0.4 is 5.76 Å². The summed E-state index contributed by atoms with van der Waals surface area (Å²) in [4.78, 5) is 26.1. The van der Waals surface area contributed by atoms with Gasteiger partial charge in [0.25, 0.3) is 0 Å². The van der Waals surface area contributed by atoms with Crippen molar-refractivity contribution < 1.29 is 9.21 Å². The van der Waals surface area contributed by atoms with E-state index in [0.29, 0.717) is 30.5 Å². The molecule has 2 saturated carbocycles. The van der Waals surface area contributed by atoms with Crippen molar-refractivity contribution in [2.24, 2.45) is 17.8 Å². The predicted octanol–water partition coefficient (Wildman–Crippen LogP) is 2.10. The Kier molecular flexibility index (Phi) is 3.10. The molecule has 2 aromatic rings. The third-order valence-corrected chi connectivity index (χ3v) is 5.30. The number of benzene rings is 1. The molecule has 1 amide bonds. The Hall–Kier alpha value is -2.04. The van der Waals surface area contributed by atoms with E-state index in [-0.39, 0.29) is 17.6 Å². The Morgan fingerprint density at radius 1 is 1.32 bits per heavy atom. The maximum absolute atomic E-state index is 12.4. The van der Waals surface area contributed by atoms with Crippen LogP contribution in [0.15, 0.2) is 33.5 Å². The number of hydrogen-bond acceptors (Lipinski definition) is 3. The van der Waals surface area contributed by atoms with Crippen molar-refractivity contribution in [3.63, 3.8) is 0 Å². The fourth-order valence-corrected chi connectivity index (χ4v) is 4.03. The van der Waals surface area contributed by atoms with Crippen LogP contribution in [0, 0.1) is 17.8 Å². The minimum atomic E-state index is -0.356. The highest BCUT2D eigenvalue weighted by molar-refractivity contribution is 5.82. The first-order valence-corrected chi connectivity index (χ1v) is 8.00. The number of likely N-dealkylation sites (N-methyl/N-ethyl adjacent to an activating group) is 1. The second kappa shape index (κ2) is 5.00. The molecule has 1 aromatic carbocycles. The lowest BCUT2D eigenvalue weighted by Crippen LogP contribution is -2.33. The summed E-state index contributed by atoms with van der Waals surface area (Å²) in [5.74, 6) is 1.40. The van der Waals surface area contributed by atoms with Crippen LogP contribution >= 0.6 is 0 Å². The molecule has 2 atom stereocenters. The zero-order chi connectivity index (χ0) is 15.3. The molecule has 0 bridgehead atoms. The maximum atomic E-state index is 12.4. The van der Waals surface area contributed by atoms with E-state index in [1.807, 2.05) is 25.2 Å². The number of carbonyl (C=O) groups excluding carboxylic acids is 1. The van der Waals surface area contributed by atoms with Gasteiger partial charge in [-0.1, -0.05) is 18.6 Å². The van der Waals surface area contributed by atoms with E-state index in [1.54, 1.807) is 15.5 Å². The Morgan fingerprint density at radius 2 is 2.05 bits per heavy atom.